The lowest BCUT2D eigenvalue weighted by atomic mass is 10.1. The van der Waals surface area contributed by atoms with E-state index in [4.69, 9.17) is 13.9 Å². The molecule has 1 amide bonds. The first-order valence-electron chi connectivity index (χ1n) is 10.0. The van der Waals surface area contributed by atoms with Crippen LogP contribution in [-0.4, -0.2) is 30.1 Å². The molecule has 0 fully saturated rings. The third-order valence-electron chi connectivity index (χ3n) is 4.89. The average Bonchev–Trinajstić information content (AvgIpc) is 3.47. The second-order valence-electron chi connectivity index (χ2n) is 7.14. The summed E-state index contributed by atoms with van der Waals surface area (Å²) in [6.45, 7) is 2.03. The fourth-order valence-corrected chi connectivity index (χ4v) is 3.88. The Morgan fingerprint density at radius 2 is 1.94 bits per heavy atom. The molecule has 0 unspecified atom stereocenters. The van der Waals surface area contributed by atoms with Crippen molar-refractivity contribution in [2.45, 2.75) is 19.8 Å². The number of nitrogens with one attached hydrogen (secondary N) is 1. The van der Waals surface area contributed by atoms with E-state index in [0.717, 1.165) is 11.1 Å². The number of carbonyl (C=O) groups excluding carboxylic acids is 1. The molecule has 1 N–H and O–H groups in total. The summed E-state index contributed by atoms with van der Waals surface area (Å²) in [5.41, 5.74) is 3.64. The zero-order chi connectivity index (χ0) is 22.5. The number of aryl methyl sites for hydroxylation is 2. The molecule has 0 saturated carbocycles. The minimum Gasteiger partial charge on any atom is -0.497 e. The molecule has 2 aromatic carbocycles. The van der Waals surface area contributed by atoms with Gasteiger partial charge in [-0.1, -0.05) is 29.8 Å². The lowest BCUT2D eigenvalue weighted by molar-refractivity contribution is -0.116. The van der Waals surface area contributed by atoms with Crippen LogP contribution in [0.15, 0.2) is 58.5 Å². The van der Waals surface area contributed by atoms with Crippen LogP contribution in [0.2, 0.25) is 0 Å². The van der Waals surface area contributed by atoms with Crippen molar-refractivity contribution >= 4 is 22.4 Å². The van der Waals surface area contributed by atoms with Crippen LogP contribution < -0.4 is 14.8 Å². The first-order valence-corrected chi connectivity index (χ1v) is 10.9. The monoisotopic (exact) mass is 449 g/mol. The molecular weight excluding hydrogens is 426 g/mol. The first-order chi connectivity index (χ1) is 15.6. The molecule has 2 heterocycles. The van der Waals surface area contributed by atoms with Gasteiger partial charge in [-0.3, -0.25) is 4.79 Å². The Kier molecular flexibility index (Phi) is 6.51. The largest absolute Gasteiger partial charge is 0.497 e. The minimum absolute atomic E-state index is 0.154. The van der Waals surface area contributed by atoms with Gasteiger partial charge in [-0.25, -0.2) is 9.97 Å². The van der Waals surface area contributed by atoms with Gasteiger partial charge in [0.1, 0.15) is 11.5 Å². The van der Waals surface area contributed by atoms with Crippen molar-refractivity contribution in [1.29, 1.82) is 0 Å². The molecule has 7 nitrogen and oxygen atoms in total. The highest BCUT2D eigenvalue weighted by atomic mass is 32.1. The van der Waals surface area contributed by atoms with E-state index in [1.807, 2.05) is 54.8 Å². The van der Waals surface area contributed by atoms with Gasteiger partial charge in [-0.15, -0.1) is 11.3 Å². The van der Waals surface area contributed by atoms with E-state index in [-0.39, 0.29) is 12.3 Å². The summed E-state index contributed by atoms with van der Waals surface area (Å²) in [4.78, 5) is 21.2. The minimum atomic E-state index is -0.154. The second kappa shape index (κ2) is 9.65. The molecular formula is C24H23N3O4S. The van der Waals surface area contributed by atoms with Crippen LogP contribution in [0, 0.1) is 6.92 Å². The Bertz CT molecular complexity index is 1210. The van der Waals surface area contributed by atoms with Crippen molar-refractivity contribution in [1.82, 2.24) is 9.97 Å². The maximum absolute atomic E-state index is 12.4. The highest BCUT2D eigenvalue weighted by Gasteiger charge is 2.14. The molecule has 0 spiro atoms. The summed E-state index contributed by atoms with van der Waals surface area (Å²) in [5.74, 6) is 2.45. The number of rotatable bonds is 8. The van der Waals surface area contributed by atoms with E-state index < -0.39 is 0 Å². The molecule has 0 saturated heterocycles. The lowest BCUT2D eigenvalue weighted by Crippen LogP contribution is -2.12. The average molecular weight is 450 g/mol. The normalized spacial score (nSPS) is 10.7. The van der Waals surface area contributed by atoms with Gasteiger partial charge in [0.05, 0.1) is 26.1 Å². The lowest BCUT2D eigenvalue weighted by Gasteiger charge is -2.08. The predicted octanol–water partition coefficient (Wildman–Crippen LogP) is 5.36. The molecule has 32 heavy (non-hydrogen) atoms. The van der Waals surface area contributed by atoms with E-state index in [2.05, 4.69) is 15.3 Å². The second-order valence-corrected chi connectivity index (χ2v) is 7.99. The van der Waals surface area contributed by atoms with E-state index >= 15 is 0 Å². The third-order valence-corrected chi connectivity index (χ3v) is 5.65. The molecule has 0 aliphatic rings. The number of thiazole rings is 1. The Morgan fingerprint density at radius 1 is 1.12 bits per heavy atom. The number of benzene rings is 2. The summed E-state index contributed by atoms with van der Waals surface area (Å²) in [6, 6.07) is 13.5. The number of methoxy groups -OCH3 is 2. The molecule has 0 bridgehead atoms. The van der Waals surface area contributed by atoms with Crippen LogP contribution in [0.1, 0.15) is 17.9 Å². The molecule has 0 aliphatic carbocycles. The summed E-state index contributed by atoms with van der Waals surface area (Å²) < 4.78 is 16.5. The number of nitrogens with zero attached hydrogens (tertiary/aromatic N) is 2. The predicted molar refractivity (Wildman–Crippen MR) is 124 cm³/mol. The molecule has 0 radical (unpaired) electrons. The van der Waals surface area contributed by atoms with E-state index in [9.17, 15) is 4.79 Å². The van der Waals surface area contributed by atoms with Gasteiger partial charge in [0.25, 0.3) is 0 Å². The van der Waals surface area contributed by atoms with Gasteiger partial charge < -0.3 is 19.2 Å². The van der Waals surface area contributed by atoms with Crippen LogP contribution >= 0.6 is 11.3 Å². The Balaban J connectivity index is 1.37. The van der Waals surface area contributed by atoms with Crippen molar-refractivity contribution in [3.05, 3.63) is 65.5 Å². The molecule has 164 valence electrons. The van der Waals surface area contributed by atoms with Crippen molar-refractivity contribution in [3.63, 3.8) is 0 Å². The van der Waals surface area contributed by atoms with Crippen molar-refractivity contribution in [3.8, 4) is 34.1 Å². The van der Waals surface area contributed by atoms with Gasteiger partial charge in [0, 0.05) is 29.3 Å². The number of anilines is 1. The topological polar surface area (TPSA) is 86.5 Å². The fourth-order valence-electron chi connectivity index (χ4n) is 3.15. The Labute approximate surface area is 190 Å². The number of amides is 1. The highest BCUT2D eigenvalue weighted by molar-refractivity contribution is 7.14. The van der Waals surface area contributed by atoms with E-state index in [0.29, 0.717) is 40.4 Å². The van der Waals surface area contributed by atoms with E-state index in [1.54, 1.807) is 20.4 Å². The number of oxazole rings is 1. The van der Waals surface area contributed by atoms with Crippen molar-refractivity contribution < 1.29 is 18.7 Å². The summed E-state index contributed by atoms with van der Waals surface area (Å²) in [6.07, 6.45) is 2.33. The van der Waals surface area contributed by atoms with Crippen LogP contribution in [0.25, 0.3) is 22.6 Å². The van der Waals surface area contributed by atoms with Crippen LogP contribution in [0.5, 0.6) is 11.5 Å². The number of aromatic nitrogens is 2. The molecule has 4 rings (SSSR count). The van der Waals surface area contributed by atoms with E-state index in [1.165, 1.54) is 16.9 Å². The van der Waals surface area contributed by atoms with Gasteiger partial charge in [-0.05, 0) is 25.1 Å². The zero-order valence-corrected chi connectivity index (χ0v) is 18.9. The van der Waals surface area contributed by atoms with Crippen LogP contribution in [-0.2, 0) is 11.2 Å². The van der Waals surface area contributed by atoms with Gasteiger partial charge in [-0.2, -0.15) is 0 Å². The highest BCUT2D eigenvalue weighted by Crippen LogP contribution is 2.35. The van der Waals surface area contributed by atoms with Crippen molar-refractivity contribution in [2.24, 2.45) is 0 Å². The van der Waals surface area contributed by atoms with Gasteiger partial charge >= 0.3 is 0 Å². The molecule has 8 heteroatoms. The standard InChI is InChI=1S/C24H23N3O4S/c1-15-4-6-16(7-5-15)21-13-25-23(31-21)11-10-22(28)27-24-26-19(14-32-24)18-12-17(29-2)8-9-20(18)30-3/h4-9,12-14H,10-11H2,1-3H3,(H,26,27,28). The summed E-state index contributed by atoms with van der Waals surface area (Å²) >= 11 is 1.35. The summed E-state index contributed by atoms with van der Waals surface area (Å²) in [7, 11) is 3.21. The third kappa shape index (κ3) is 4.97. The number of hydrogen-bond acceptors (Lipinski definition) is 7. The number of ether oxygens (including phenoxy) is 2. The molecule has 0 aliphatic heterocycles. The summed E-state index contributed by atoms with van der Waals surface area (Å²) in [5, 5.41) is 5.23. The molecule has 4 aromatic rings. The maximum atomic E-state index is 12.4. The maximum Gasteiger partial charge on any atom is 0.226 e. The fraction of sp³-hybridized carbons (Fsp3) is 0.208. The smallest absolute Gasteiger partial charge is 0.226 e. The van der Waals surface area contributed by atoms with Gasteiger partial charge in [0.15, 0.2) is 16.8 Å². The Morgan fingerprint density at radius 3 is 2.69 bits per heavy atom. The Hall–Kier alpha value is -3.65. The van der Waals surface area contributed by atoms with Crippen molar-refractivity contribution in [2.75, 3.05) is 19.5 Å². The molecule has 0 atom stereocenters. The van der Waals surface area contributed by atoms with Crippen LogP contribution in [0.3, 0.4) is 0 Å². The van der Waals surface area contributed by atoms with Gasteiger partial charge in [0.2, 0.25) is 5.91 Å². The van der Waals surface area contributed by atoms with Crippen LogP contribution in [0.4, 0.5) is 5.13 Å². The zero-order valence-electron chi connectivity index (χ0n) is 18.0. The molecule has 2 aromatic heterocycles. The number of carbonyl (C=O) groups is 1. The number of hydrogen-bond donors (Lipinski definition) is 1. The first kappa shape index (κ1) is 21.6. The quantitative estimate of drug-likeness (QED) is 0.390. The SMILES string of the molecule is COc1ccc(OC)c(-c2csc(NC(=O)CCc3ncc(-c4ccc(C)cc4)o3)n2)c1.